The molecule has 0 heterocycles. The number of aliphatic hydroxyl groups is 1. The molecule has 0 radical (unpaired) electrons. The molecule has 5 heteroatoms. The maximum Gasteiger partial charge on any atom is 0.251 e. The second-order valence-electron chi connectivity index (χ2n) is 5.40. The van der Waals surface area contributed by atoms with Crippen LogP contribution < -0.4 is 5.32 Å². The van der Waals surface area contributed by atoms with Crippen molar-refractivity contribution in [2.24, 2.45) is 0 Å². The number of carbonyl (C=O) groups is 1. The molecule has 3 atom stereocenters. The van der Waals surface area contributed by atoms with Crippen LogP contribution in [0.1, 0.15) is 27.5 Å². The Labute approximate surface area is 131 Å². The topological polar surface area (TPSA) is 66.4 Å². The second kappa shape index (κ2) is 6.02. The monoisotopic (exact) mass is 315 g/mol. The van der Waals surface area contributed by atoms with Gasteiger partial charge in [0.2, 0.25) is 0 Å². The van der Waals surface area contributed by atoms with Crippen molar-refractivity contribution < 1.29 is 14.1 Å². The van der Waals surface area contributed by atoms with E-state index >= 15 is 0 Å². The number of nitrogens with one attached hydrogen (secondary N) is 1. The summed E-state index contributed by atoms with van der Waals surface area (Å²) in [5, 5.41) is 13.1. The molecule has 1 amide bonds. The van der Waals surface area contributed by atoms with Crippen LogP contribution in [0.15, 0.2) is 53.4 Å². The van der Waals surface area contributed by atoms with Crippen LogP contribution in [-0.4, -0.2) is 27.6 Å². The third kappa shape index (κ3) is 2.82. The van der Waals surface area contributed by atoms with Gasteiger partial charge in [-0.1, -0.05) is 24.3 Å². The van der Waals surface area contributed by atoms with Crippen LogP contribution in [-0.2, 0) is 17.2 Å². The normalized spacial score (nSPS) is 21.2. The van der Waals surface area contributed by atoms with E-state index < -0.39 is 16.9 Å². The Morgan fingerprint density at radius 3 is 2.55 bits per heavy atom. The van der Waals surface area contributed by atoms with Crippen molar-refractivity contribution in [1.82, 2.24) is 5.32 Å². The molecule has 0 fully saturated rings. The lowest BCUT2D eigenvalue weighted by Crippen LogP contribution is -2.33. The van der Waals surface area contributed by atoms with Crippen LogP contribution in [0.4, 0.5) is 0 Å². The molecule has 22 heavy (non-hydrogen) atoms. The van der Waals surface area contributed by atoms with Gasteiger partial charge in [0.25, 0.3) is 5.91 Å². The summed E-state index contributed by atoms with van der Waals surface area (Å²) in [5.74, 6) is -0.241. The van der Waals surface area contributed by atoms with E-state index in [1.807, 2.05) is 24.3 Å². The fraction of sp³-hybridized carbons (Fsp3) is 0.235. The van der Waals surface area contributed by atoms with Crippen molar-refractivity contribution in [3.8, 4) is 0 Å². The SMILES string of the molecule is CS(=O)c1ccc(C(=O)NC2c3ccccc3CC2O)cc1. The predicted molar refractivity (Wildman–Crippen MR) is 85.1 cm³/mol. The van der Waals surface area contributed by atoms with Gasteiger partial charge >= 0.3 is 0 Å². The maximum absolute atomic E-state index is 12.3. The van der Waals surface area contributed by atoms with Crippen molar-refractivity contribution in [2.75, 3.05) is 6.26 Å². The van der Waals surface area contributed by atoms with Gasteiger partial charge in [0, 0.05) is 33.9 Å². The highest BCUT2D eigenvalue weighted by Crippen LogP contribution is 2.31. The average molecular weight is 315 g/mol. The standard InChI is InChI=1S/C17H17NO3S/c1-22(21)13-8-6-11(7-9-13)17(20)18-16-14-5-3-2-4-12(14)10-15(16)19/h2-9,15-16,19H,10H2,1H3,(H,18,20). The Balaban J connectivity index is 1.78. The zero-order chi connectivity index (χ0) is 15.7. The summed E-state index contributed by atoms with van der Waals surface area (Å²) < 4.78 is 11.4. The first kappa shape index (κ1) is 14.9. The second-order valence-corrected chi connectivity index (χ2v) is 6.78. The first-order valence-corrected chi connectivity index (χ1v) is 8.62. The molecular formula is C17H17NO3S. The summed E-state index contributed by atoms with van der Waals surface area (Å²) in [4.78, 5) is 13.0. The molecule has 2 aromatic rings. The molecule has 3 rings (SSSR count). The third-order valence-electron chi connectivity index (χ3n) is 3.94. The number of aliphatic hydroxyl groups excluding tert-OH is 1. The zero-order valence-corrected chi connectivity index (χ0v) is 13.0. The fourth-order valence-electron chi connectivity index (χ4n) is 2.77. The molecule has 0 saturated heterocycles. The molecule has 0 aromatic heterocycles. The molecule has 4 nitrogen and oxygen atoms in total. The minimum Gasteiger partial charge on any atom is -0.390 e. The molecule has 1 aliphatic carbocycles. The summed E-state index contributed by atoms with van der Waals surface area (Å²) in [6.45, 7) is 0. The van der Waals surface area contributed by atoms with E-state index in [-0.39, 0.29) is 11.9 Å². The van der Waals surface area contributed by atoms with E-state index in [1.165, 1.54) is 0 Å². The van der Waals surface area contributed by atoms with E-state index in [0.717, 1.165) is 11.1 Å². The minimum absolute atomic E-state index is 0.241. The van der Waals surface area contributed by atoms with Gasteiger partial charge in [0.05, 0.1) is 12.1 Å². The molecule has 0 saturated carbocycles. The maximum atomic E-state index is 12.3. The van der Waals surface area contributed by atoms with Gasteiger partial charge in [-0.3, -0.25) is 9.00 Å². The molecule has 0 aliphatic heterocycles. The van der Waals surface area contributed by atoms with Crippen LogP contribution >= 0.6 is 0 Å². The Morgan fingerprint density at radius 1 is 1.18 bits per heavy atom. The molecule has 1 aliphatic rings. The van der Waals surface area contributed by atoms with Crippen molar-refractivity contribution in [1.29, 1.82) is 0 Å². The molecule has 0 bridgehead atoms. The van der Waals surface area contributed by atoms with Gasteiger partial charge in [0.1, 0.15) is 0 Å². The smallest absolute Gasteiger partial charge is 0.251 e. The highest BCUT2D eigenvalue weighted by molar-refractivity contribution is 7.84. The molecule has 0 spiro atoms. The van der Waals surface area contributed by atoms with E-state index in [9.17, 15) is 14.1 Å². The largest absolute Gasteiger partial charge is 0.390 e. The van der Waals surface area contributed by atoms with Crippen molar-refractivity contribution in [3.63, 3.8) is 0 Å². The van der Waals surface area contributed by atoms with Gasteiger partial charge in [-0.15, -0.1) is 0 Å². The molecule has 3 unspecified atom stereocenters. The lowest BCUT2D eigenvalue weighted by Gasteiger charge is -2.18. The van der Waals surface area contributed by atoms with Gasteiger partial charge < -0.3 is 10.4 Å². The van der Waals surface area contributed by atoms with Crippen LogP contribution in [0, 0.1) is 0 Å². The summed E-state index contributed by atoms with van der Waals surface area (Å²) >= 11 is 0. The van der Waals surface area contributed by atoms with Gasteiger partial charge in [0.15, 0.2) is 0 Å². The molecule has 2 aromatic carbocycles. The summed E-state index contributed by atoms with van der Waals surface area (Å²) in [6.07, 6.45) is 1.54. The highest BCUT2D eigenvalue weighted by Gasteiger charge is 2.31. The van der Waals surface area contributed by atoms with E-state index in [2.05, 4.69) is 5.32 Å². The Hall–Kier alpha value is -1.98. The number of hydrogen-bond donors (Lipinski definition) is 2. The van der Waals surface area contributed by atoms with E-state index in [0.29, 0.717) is 16.9 Å². The first-order valence-electron chi connectivity index (χ1n) is 7.06. The van der Waals surface area contributed by atoms with Crippen LogP contribution in [0.2, 0.25) is 0 Å². The van der Waals surface area contributed by atoms with Gasteiger partial charge in [-0.25, -0.2) is 0 Å². The fourth-order valence-corrected chi connectivity index (χ4v) is 3.29. The number of hydrogen-bond acceptors (Lipinski definition) is 3. The number of rotatable bonds is 3. The molecular weight excluding hydrogens is 298 g/mol. The first-order chi connectivity index (χ1) is 10.6. The number of fused-ring (bicyclic) bond motifs is 1. The van der Waals surface area contributed by atoms with Crippen LogP contribution in [0.25, 0.3) is 0 Å². The predicted octanol–water partition coefficient (Wildman–Crippen LogP) is 1.81. The van der Waals surface area contributed by atoms with Gasteiger partial charge in [-0.05, 0) is 35.4 Å². The lowest BCUT2D eigenvalue weighted by atomic mass is 10.1. The summed E-state index contributed by atoms with van der Waals surface area (Å²) in [5.41, 5.74) is 2.53. The van der Waals surface area contributed by atoms with E-state index in [1.54, 1.807) is 30.5 Å². The Morgan fingerprint density at radius 2 is 1.86 bits per heavy atom. The minimum atomic E-state index is -1.06. The average Bonchev–Trinajstić information content (AvgIpc) is 2.83. The third-order valence-corrected chi connectivity index (χ3v) is 4.88. The quantitative estimate of drug-likeness (QED) is 0.908. The summed E-state index contributed by atoms with van der Waals surface area (Å²) in [6, 6.07) is 14.0. The molecule has 114 valence electrons. The lowest BCUT2D eigenvalue weighted by molar-refractivity contribution is 0.0858. The van der Waals surface area contributed by atoms with Crippen molar-refractivity contribution >= 4 is 16.7 Å². The molecule has 2 N–H and O–H groups in total. The number of carbonyl (C=O) groups excluding carboxylic acids is 1. The zero-order valence-electron chi connectivity index (χ0n) is 12.2. The van der Waals surface area contributed by atoms with Crippen molar-refractivity contribution in [3.05, 3.63) is 65.2 Å². The summed E-state index contributed by atoms with van der Waals surface area (Å²) in [7, 11) is -1.06. The van der Waals surface area contributed by atoms with Crippen molar-refractivity contribution in [2.45, 2.75) is 23.5 Å². The van der Waals surface area contributed by atoms with Crippen LogP contribution in [0.5, 0.6) is 0 Å². The van der Waals surface area contributed by atoms with E-state index in [4.69, 9.17) is 0 Å². The highest BCUT2D eigenvalue weighted by atomic mass is 32.2. The van der Waals surface area contributed by atoms with Gasteiger partial charge in [-0.2, -0.15) is 0 Å². The Kier molecular flexibility index (Phi) is 4.09. The number of benzene rings is 2. The Bertz CT molecular complexity index is 727. The van der Waals surface area contributed by atoms with Crippen LogP contribution in [0.3, 0.4) is 0 Å². The number of amides is 1.